The first-order valence-corrected chi connectivity index (χ1v) is 5.88. The lowest BCUT2D eigenvalue weighted by Gasteiger charge is -2.07. The Hall–Kier alpha value is -1.81. The molecule has 1 heterocycles. The molecule has 0 atom stereocenters. The zero-order chi connectivity index (χ0) is 13.0. The van der Waals surface area contributed by atoms with Crippen LogP contribution in [-0.4, -0.2) is 10.5 Å². The van der Waals surface area contributed by atoms with Crippen molar-refractivity contribution >= 4 is 23.2 Å². The van der Waals surface area contributed by atoms with E-state index in [0.29, 0.717) is 11.6 Å². The van der Waals surface area contributed by atoms with Crippen molar-refractivity contribution in [2.24, 2.45) is 0 Å². The summed E-state index contributed by atoms with van der Waals surface area (Å²) in [5, 5.41) is 2.82. The zero-order valence-corrected chi connectivity index (χ0v) is 10.3. The maximum atomic E-state index is 13.4. The SMILES string of the molecule is O=C(CCn1cccc1)Nc1ccc(Cl)cc1F. The first kappa shape index (κ1) is 12.6. The third-order valence-corrected chi connectivity index (χ3v) is 2.70. The van der Waals surface area contributed by atoms with Crippen LogP contribution in [-0.2, 0) is 11.3 Å². The Morgan fingerprint density at radius 2 is 2.06 bits per heavy atom. The molecule has 0 unspecified atom stereocenters. The van der Waals surface area contributed by atoms with E-state index in [1.165, 1.54) is 18.2 Å². The fourth-order valence-electron chi connectivity index (χ4n) is 1.55. The van der Waals surface area contributed by atoms with Gasteiger partial charge >= 0.3 is 0 Å². The highest BCUT2D eigenvalue weighted by molar-refractivity contribution is 6.30. The van der Waals surface area contributed by atoms with E-state index in [9.17, 15) is 9.18 Å². The van der Waals surface area contributed by atoms with Gasteiger partial charge in [-0.1, -0.05) is 11.6 Å². The molecule has 1 N–H and O–H groups in total. The van der Waals surface area contributed by atoms with Crippen LogP contribution in [0.2, 0.25) is 5.02 Å². The molecule has 18 heavy (non-hydrogen) atoms. The quantitative estimate of drug-likeness (QED) is 0.905. The van der Waals surface area contributed by atoms with Crippen LogP contribution in [0.5, 0.6) is 0 Å². The number of carbonyl (C=O) groups is 1. The van der Waals surface area contributed by atoms with Crippen molar-refractivity contribution in [3.63, 3.8) is 0 Å². The summed E-state index contributed by atoms with van der Waals surface area (Å²) in [6.07, 6.45) is 4.03. The van der Waals surface area contributed by atoms with Crippen LogP contribution in [0, 0.1) is 5.82 Å². The van der Waals surface area contributed by atoms with Gasteiger partial charge < -0.3 is 9.88 Å². The molecule has 0 aliphatic rings. The van der Waals surface area contributed by atoms with Crippen molar-refractivity contribution in [3.8, 4) is 0 Å². The molecule has 1 amide bonds. The second-order valence-electron chi connectivity index (χ2n) is 3.84. The molecule has 0 aliphatic carbocycles. The fourth-order valence-corrected chi connectivity index (χ4v) is 1.71. The third-order valence-electron chi connectivity index (χ3n) is 2.47. The van der Waals surface area contributed by atoms with Crippen molar-refractivity contribution in [3.05, 3.63) is 53.6 Å². The first-order chi connectivity index (χ1) is 8.65. The van der Waals surface area contributed by atoms with Gasteiger partial charge in [-0.05, 0) is 30.3 Å². The predicted octanol–water partition coefficient (Wildman–Crippen LogP) is 3.31. The molecule has 1 aromatic carbocycles. The Balaban J connectivity index is 1.91. The van der Waals surface area contributed by atoms with E-state index in [1.54, 1.807) is 0 Å². The lowest BCUT2D eigenvalue weighted by atomic mass is 10.3. The molecular weight excluding hydrogens is 255 g/mol. The summed E-state index contributed by atoms with van der Waals surface area (Å²) >= 11 is 5.63. The normalized spacial score (nSPS) is 10.3. The van der Waals surface area contributed by atoms with Crippen LogP contribution in [0.4, 0.5) is 10.1 Å². The summed E-state index contributed by atoms with van der Waals surface area (Å²) < 4.78 is 15.3. The maximum absolute atomic E-state index is 13.4. The highest BCUT2D eigenvalue weighted by atomic mass is 35.5. The summed E-state index contributed by atoms with van der Waals surface area (Å²) in [4.78, 5) is 11.6. The highest BCUT2D eigenvalue weighted by Crippen LogP contribution is 2.18. The van der Waals surface area contributed by atoms with Crippen LogP contribution in [0.3, 0.4) is 0 Å². The number of aromatic nitrogens is 1. The maximum Gasteiger partial charge on any atom is 0.226 e. The minimum atomic E-state index is -0.531. The molecule has 2 aromatic rings. The van der Waals surface area contributed by atoms with Gasteiger partial charge in [-0.3, -0.25) is 4.79 Å². The second-order valence-corrected chi connectivity index (χ2v) is 4.28. The van der Waals surface area contributed by atoms with E-state index < -0.39 is 5.82 Å². The number of hydrogen-bond acceptors (Lipinski definition) is 1. The minimum absolute atomic E-state index is 0.150. The van der Waals surface area contributed by atoms with Crippen molar-refractivity contribution in [1.82, 2.24) is 4.57 Å². The fraction of sp³-hybridized carbons (Fsp3) is 0.154. The lowest BCUT2D eigenvalue weighted by molar-refractivity contribution is -0.116. The zero-order valence-electron chi connectivity index (χ0n) is 9.57. The van der Waals surface area contributed by atoms with Crippen LogP contribution in [0.25, 0.3) is 0 Å². The number of benzene rings is 1. The Morgan fingerprint density at radius 3 is 2.72 bits per heavy atom. The van der Waals surface area contributed by atoms with E-state index in [2.05, 4.69) is 5.32 Å². The smallest absolute Gasteiger partial charge is 0.226 e. The Bertz CT molecular complexity index is 540. The molecule has 0 spiro atoms. The molecule has 5 heteroatoms. The van der Waals surface area contributed by atoms with Gasteiger partial charge in [0.2, 0.25) is 5.91 Å². The first-order valence-electron chi connectivity index (χ1n) is 5.51. The van der Waals surface area contributed by atoms with Crippen LogP contribution < -0.4 is 5.32 Å². The van der Waals surface area contributed by atoms with Gasteiger partial charge in [-0.15, -0.1) is 0 Å². The van der Waals surface area contributed by atoms with Crippen molar-refractivity contribution in [1.29, 1.82) is 0 Å². The van der Waals surface area contributed by atoms with E-state index in [4.69, 9.17) is 11.6 Å². The van der Waals surface area contributed by atoms with Crippen molar-refractivity contribution in [2.45, 2.75) is 13.0 Å². The molecule has 94 valence electrons. The van der Waals surface area contributed by atoms with Gasteiger partial charge in [0.15, 0.2) is 0 Å². The highest BCUT2D eigenvalue weighted by Gasteiger charge is 2.07. The summed E-state index contributed by atoms with van der Waals surface area (Å²) in [5.74, 6) is -0.762. The van der Waals surface area contributed by atoms with Crippen LogP contribution in [0.15, 0.2) is 42.7 Å². The minimum Gasteiger partial charge on any atom is -0.354 e. The van der Waals surface area contributed by atoms with Gasteiger partial charge in [0.1, 0.15) is 5.82 Å². The molecular formula is C13H12ClFN2O. The number of amides is 1. The van der Waals surface area contributed by atoms with Crippen molar-refractivity contribution in [2.75, 3.05) is 5.32 Å². The van der Waals surface area contributed by atoms with Gasteiger partial charge in [0.25, 0.3) is 0 Å². The predicted molar refractivity (Wildman–Crippen MR) is 69.1 cm³/mol. The molecule has 0 bridgehead atoms. The molecule has 0 saturated carbocycles. The summed E-state index contributed by atoms with van der Waals surface area (Å²) in [6, 6.07) is 7.92. The average Bonchev–Trinajstić information content (AvgIpc) is 2.83. The molecule has 3 nitrogen and oxygen atoms in total. The third kappa shape index (κ3) is 3.34. The number of nitrogens with one attached hydrogen (secondary N) is 1. The molecule has 1 aromatic heterocycles. The Morgan fingerprint density at radius 1 is 1.33 bits per heavy atom. The number of hydrogen-bond donors (Lipinski definition) is 1. The van der Waals surface area contributed by atoms with Gasteiger partial charge in [0, 0.05) is 30.4 Å². The summed E-state index contributed by atoms with van der Waals surface area (Å²) in [6.45, 7) is 0.564. The topological polar surface area (TPSA) is 34.0 Å². The summed E-state index contributed by atoms with van der Waals surface area (Å²) in [7, 11) is 0. The van der Waals surface area contributed by atoms with Gasteiger partial charge in [-0.2, -0.15) is 0 Å². The molecule has 2 rings (SSSR count). The number of aryl methyl sites for hydroxylation is 1. The number of anilines is 1. The average molecular weight is 267 g/mol. The van der Waals surface area contributed by atoms with E-state index >= 15 is 0 Å². The monoisotopic (exact) mass is 266 g/mol. The summed E-state index contributed by atoms with van der Waals surface area (Å²) in [5.41, 5.74) is 0.150. The number of carbonyl (C=O) groups excluding carboxylic acids is 1. The van der Waals surface area contributed by atoms with Gasteiger partial charge in [0.05, 0.1) is 5.69 Å². The number of nitrogens with zero attached hydrogens (tertiary/aromatic N) is 1. The lowest BCUT2D eigenvalue weighted by Crippen LogP contribution is -2.14. The Labute approximate surface area is 109 Å². The van der Waals surface area contributed by atoms with Crippen LogP contribution >= 0.6 is 11.6 Å². The second kappa shape index (κ2) is 5.69. The molecule has 0 aliphatic heterocycles. The van der Waals surface area contributed by atoms with Crippen LogP contribution in [0.1, 0.15) is 6.42 Å². The Kier molecular flexibility index (Phi) is 3.99. The van der Waals surface area contributed by atoms with Crippen molar-refractivity contribution < 1.29 is 9.18 Å². The molecule has 0 saturated heterocycles. The molecule has 0 fully saturated rings. The molecule has 0 radical (unpaired) electrons. The number of halogens is 2. The number of rotatable bonds is 4. The van der Waals surface area contributed by atoms with E-state index in [1.807, 2.05) is 29.1 Å². The standard InChI is InChI=1S/C13H12ClFN2O/c14-10-3-4-12(11(15)9-10)16-13(18)5-8-17-6-1-2-7-17/h1-4,6-7,9H,5,8H2,(H,16,18). The largest absolute Gasteiger partial charge is 0.354 e. The van der Waals surface area contributed by atoms with Gasteiger partial charge in [-0.25, -0.2) is 4.39 Å². The van der Waals surface area contributed by atoms with E-state index in [0.717, 1.165) is 0 Å². The van der Waals surface area contributed by atoms with E-state index in [-0.39, 0.29) is 18.0 Å².